The van der Waals surface area contributed by atoms with Gasteiger partial charge in [-0.1, -0.05) is 179 Å². The van der Waals surface area contributed by atoms with Crippen molar-refractivity contribution in [2.45, 2.75) is 244 Å². The maximum Gasteiger partial charge on any atom is 0.305 e. The van der Waals surface area contributed by atoms with E-state index < -0.39 is 12.1 Å². The Labute approximate surface area is 334 Å². The first-order valence-electron chi connectivity index (χ1n) is 23.3. The van der Waals surface area contributed by atoms with Gasteiger partial charge in [0.15, 0.2) is 0 Å². The molecule has 0 aliphatic carbocycles. The number of amides is 1. The minimum absolute atomic E-state index is 0.0163. The molecule has 0 saturated heterocycles. The van der Waals surface area contributed by atoms with E-state index in [1.807, 2.05) is 6.08 Å². The molecule has 316 valence electrons. The molecule has 54 heavy (non-hydrogen) atoms. The van der Waals surface area contributed by atoms with Gasteiger partial charge in [-0.05, 0) is 77.0 Å². The number of hydrogen-bond acceptors (Lipinski definition) is 5. The van der Waals surface area contributed by atoms with Gasteiger partial charge in [-0.15, -0.1) is 0 Å². The van der Waals surface area contributed by atoms with E-state index in [-0.39, 0.29) is 18.5 Å². The number of carbonyl (C=O) groups excluding carboxylic acids is 2. The van der Waals surface area contributed by atoms with Crippen molar-refractivity contribution in [1.82, 2.24) is 5.32 Å². The fourth-order valence-corrected chi connectivity index (χ4v) is 6.72. The van der Waals surface area contributed by atoms with Crippen LogP contribution < -0.4 is 5.32 Å². The molecule has 0 aromatic heterocycles. The Kier molecular flexibility index (Phi) is 42.2. The third-order valence-electron chi connectivity index (χ3n) is 10.4. The van der Waals surface area contributed by atoms with Crippen molar-refractivity contribution in [3.63, 3.8) is 0 Å². The summed E-state index contributed by atoms with van der Waals surface area (Å²) in [6.45, 7) is 4.80. The average Bonchev–Trinajstić information content (AvgIpc) is 3.17. The Balaban J connectivity index is 3.51. The van der Waals surface area contributed by atoms with Gasteiger partial charge in [0.05, 0.1) is 25.4 Å². The summed E-state index contributed by atoms with van der Waals surface area (Å²) in [5, 5.41) is 22.9. The normalized spacial score (nSPS) is 13.0. The minimum atomic E-state index is -0.853. The fraction of sp³-hybridized carbons (Fsp3) is 0.833. The van der Waals surface area contributed by atoms with Crippen molar-refractivity contribution in [2.75, 3.05) is 13.2 Å². The van der Waals surface area contributed by atoms with Gasteiger partial charge in [-0.3, -0.25) is 9.59 Å². The molecule has 0 fully saturated rings. The third-order valence-corrected chi connectivity index (χ3v) is 10.4. The molecule has 0 heterocycles. The number of esters is 1. The van der Waals surface area contributed by atoms with Crippen LogP contribution in [0.2, 0.25) is 0 Å². The largest absolute Gasteiger partial charge is 0.466 e. The van der Waals surface area contributed by atoms with Crippen LogP contribution in [0, 0.1) is 0 Å². The van der Waals surface area contributed by atoms with Crippen molar-refractivity contribution >= 4 is 11.9 Å². The number of aliphatic hydroxyl groups excluding tert-OH is 2. The predicted molar refractivity (Wildman–Crippen MR) is 232 cm³/mol. The molecule has 0 aromatic rings. The Morgan fingerprint density at radius 1 is 0.500 bits per heavy atom. The minimum Gasteiger partial charge on any atom is -0.466 e. The van der Waals surface area contributed by atoms with Crippen LogP contribution >= 0.6 is 0 Å². The molecule has 0 aromatic carbocycles. The van der Waals surface area contributed by atoms with E-state index in [0.717, 1.165) is 64.2 Å². The van der Waals surface area contributed by atoms with Crippen molar-refractivity contribution in [3.05, 3.63) is 36.5 Å². The summed E-state index contributed by atoms with van der Waals surface area (Å²) in [6.07, 6.45) is 51.3. The van der Waals surface area contributed by atoms with Gasteiger partial charge >= 0.3 is 5.97 Å². The van der Waals surface area contributed by atoms with Gasteiger partial charge in [0.1, 0.15) is 0 Å². The molecule has 0 aliphatic heterocycles. The van der Waals surface area contributed by atoms with Crippen LogP contribution in [0.4, 0.5) is 0 Å². The van der Waals surface area contributed by atoms with Gasteiger partial charge in [-0.25, -0.2) is 0 Å². The highest BCUT2D eigenvalue weighted by Gasteiger charge is 2.18. The molecule has 2 atom stereocenters. The summed E-state index contributed by atoms with van der Waals surface area (Å²) in [6, 6.07) is -0.638. The van der Waals surface area contributed by atoms with Crippen LogP contribution in [0.5, 0.6) is 0 Å². The SMILES string of the molecule is CCCC/C=C\CCCCCCCC(=O)OCCCCCCCCC/C=C\CCCCCCCC(=O)NC(CO)C(O)/C=C/CCCCCCCCCC. The number of aliphatic hydroxyl groups is 2. The lowest BCUT2D eigenvalue weighted by Crippen LogP contribution is -2.45. The second-order valence-corrected chi connectivity index (χ2v) is 15.7. The molecule has 0 aliphatic rings. The number of hydrogen-bond donors (Lipinski definition) is 3. The summed E-state index contributed by atoms with van der Waals surface area (Å²) < 4.78 is 5.43. The van der Waals surface area contributed by atoms with Crippen LogP contribution in [0.3, 0.4) is 0 Å². The van der Waals surface area contributed by atoms with Crippen LogP contribution in [-0.2, 0) is 14.3 Å². The fourth-order valence-electron chi connectivity index (χ4n) is 6.72. The van der Waals surface area contributed by atoms with Gasteiger partial charge in [-0.2, -0.15) is 0 Å². The van der Waals surface area contributed by atoms with E-state index in [1.54, 1.807) is 6.08 Å². The van der Waals surface area contributed by atoms with Crippen LogP contribution in [0.1, 0.15) is 232 Å². The highest BCUT2D eigenvalue weighted by molar-refractivity contribution is 5.76. The zero-order valence-corrected chi connectivity index (χ0v) is 35.7. The topological polar surface area (TPSA) is 95.9 Å². The molecule has 0 bridgehead atoms. The zero-order chi connectivity index (χ0) is 39.4. The lowest BCUT2D eigenvalue weighted by molar-refractivity contribution is -0.143. The van der Waals surface area contributed by atoms with Crippen molar-refractivity contribution in [2.24, 2.45) is 0 Å². The molecule has 2 unspecified atom stereocenters. The lowest BCUT2D eigenvalue weighted by Gasteiger charge is -2.20. The first kappa shape index (κ1) is 52.1. The average molecular weight is 760 g/mol. The Morgan fingerprint density at radius 2 is 0.889 bits per heavy atom. The van der Waals surface area contributed by atoms with E-state index >= 15 is 0 Å². The molecule has 0 rings (SSSR count). The van der Waals surface area contributed by atoms with E-state index in [1.165, 1.54) is 141 Å². The standard InChI is InChI=1S/C48H89NO5/c1-3-5-7-9-11-13-21-26-30-34-38-42-48(53)54-43-39-35-31-27-23-20-18-16-15-17-19-22-25-29-33-37-41-47(52)49-45(44-50)46(51)40-36-32-28-24-14-12-10-8-6-4-2/h9,11,15,17,36,40,45-46,50-51H,3-8,10,12-14,16,18-35,37-39,41-44H2,1-2H3,(H,49,52)/b11-9-,17-15-,40-36+. The van der Waals surface area contributed by atoms with E-state index in [4.69, 9.17) is 4.74 Å². The molecule has 6 heteroatoms. The molecule has 0 radical (unpaired) electrons. The number of allylic oxidation sites excluding steroid dienone is 5. The van der Waals surface area contributed by atoms with E-state index in [2.05, 4.69) is 43.5 Å². The number of carbonyl (C=O) groups is 2. The number of rotatable bonds is 42. The summed E-state index contributed by atoms with van der Waals surface area (Å²) in [4.78, 5) is 24.3. The monoisotopic (exact) mass is 760 g/mol. The van der Waals surface area contributed by atoms with Crippen LogP contribution in [-0.4, -0.2) is 47.4 Å². The Hall–Kier alpha value is -1.92. The molecule has 0 spiro atoms. The Bertz CT molecular complexity index is 884. The highest BCUT2D eigenvalue weighted by atomic mass is 16.5. The highest BCUT2D eigenvalue weighted by Crippen LogP contribution is 2.13. The van der Waals surface area contributed by atoms with Crippen molar-refractivity contribution in [1.29, 1.82) is 0 Å². The molecule has 0 saturated carbocycles. The third kappa shape index (κ3) is 39.8. The van der Waals surface area contributed by atoms with Crippen LogP contribution in [0.25, 0.3) is 0 Å². The molecular formula is C48H89NO5. The number of unbranched alkanes of at least 4 members (excludes halogenated alkanes) is 27. The number of ether oxygens (including phenoxy) is 1. The van der Waals surface area contributed by atoms with Crippen molar-refractivity contribution in [3.8, 4) is 0 Å². The van der Waals surface area contributed by atoms with E-state index in [0.29, 0.717) is 19.4 Å². The molecule has 6 nitrogen and oxygen atoms in total. The van der Waals surface area contributed by atoms with Gasteiger partial charge in [0.2, 0.25) is 5.91 Å². The summed E-state index contributed by atoms with van der Waals surface area (Å²) in [7, 11) is 0. The maximum absolute atomic E-state index is 12.3. The Morgan fingerprint density at radius 3 is 1.37 bits per heavy atom. The lowest BCUT2D eigenvalue weighted by atomic mass is 10.1. The van der Waals surface area contributed by atoms with Gasteiger partial charge < -0.3 is 20.3 Å². The summed E-state index contributed by atoms with van der Waals surface area (Å²) in [5.41, 5.74) is 0. The molecule has 1 amide bonds. The predicted octanol–water partition coefficient (Wildman–Crippen LogP) is 13.3. The first-order valence-corrected chi connectivity index (χ1v) is 23.3. The zero-order valence-electron chi connectivity index (χ0n) is 35.7. The molecular weight excluding hydrogens is 671 g/mol. The summed E-state index contributed by atoms with van der Waals surface area (Å²) in [5.74, 6) is -0.105. The second kappa shape index (κ2) is 43.8. The second-order valence-electron chi connectivity index (χ2n) is 15.7. The maximum atomic E-state index is 12.3. The van der Waals surface area contributed by atoms with Gasteiger partial charge in [0, 0.05) is 12.8 Å². The number of nitrogens with one attached hydrogen (secondary N) is 1. The van der Waals surface area contributed by atoms with Crippen LogP contribution in [0.15, 0.2) is 36.5 Å². The van der Waals surface area contributed by atoms with E-state index in [9.17, 15) is 19.8 Å². The van der Waals surface area contributed by atoms with Crippen molar-refractivity contribution < 1.29 is 24.5 Å². The molecule has 3 N–H and O–H groups in total. The first-order chi connectivity index (χ1) is 26.5. The smallest absolute Gasteiger partial charge is 0.305 e. The quantitative estimate of drug-likeness (QED) is 0.0327. The summed E-state index contributed by atoms with van der Waals surface area (Å²) >= 11 is 0. The van der Waals surface area contributed by atoms with Gasteiger partial charge in [0.25, 0.3) is 0 Å².